The van der Waals surface area contributed by atoms with Crippen molar-refractivity contribution < 1.29 is 13.9 Å². The average Bonchev–Trinajstić information content (AvgIpc) is 3.43. The summed E-state index contributed by atoms with van der Waals surface area (Å²) in [5.74, 6) is 0.405. The van der Waals surface area contributed by atoms with Gasteiger partial charge in [0.1, 0.15) is 11.6 Å². The number of hydrogen-bond acceptors (Lipinski definition) is 5. The van der Waals surface area contributed by atoms with Gasteiger partial charge in [0.25, 0.3) is 5.91 Å². The van der Waals surface area contributed by atoms with E-state index in [-0.39, 0.29) is 11.7 Å². The maximum atomic E-state index is 14.8. The molecule has 5 rings (SSSR count). The van der Waals surface area contributed by atoms with Crippen LogP contribution >= 0.6 is 11.3 Å². The number of ether oxygens (including phenoxy) is 1. The van der Waals surface area contributed by atoms with Gasteiger partial charge in [-0.1, -0.05) is 18.2 Å². The van der Waals surface area contributed by atoms with Crippen LogP contribution in [-0.2, 0) is 0 Å². The Kier molecular flexibility index (Phi) is 5.12. The van der Waals surface area contributed by atoms with E-state index in [4.69, 9.17) is 4.74 Å². The summed E-state index contributed by atoms with van der Waals surface area (Å²) in [5, 5.41) is 2.69. The molecule has 0 atom stereocenters. The van der Waals surface area contributed by atoms with Gasteiger partial charge in [-0.3, -0.25) is 9.78 Å². The summed E-state index contributed by atoms with van der Waals surface area (Å²) in [6, 6.07) is 16.7. The molecular formula is C24H17FN4O2S. The van der Waals surface area contributed by atoms with Gasteiger partial charge in [0, 0.05) is 41.5 Å². The standard InChI is InChI=1S/C24H17FN4O2S/c1-14-13-27-23(28-14)21-12-18-22(32-21)20(9-10-26-18)31-19-8-7-16(11-17(19)25)29-24(30)15-5-3-2-4-6-15/h2-13H,1H3,(H,27,28)(H,29,30). The minimum Gasteiger partial charge on any atom is -0.453 e. The molecule has 0 aliphatic heterocycles. The number of pyridine rings is 1. The molecule has 0 saturated carbocycles. The lowest BCUT2D eigenvalue weighted by atomic mass is 10.2. The fourth-order valence-corrected chi connectivity index (χ4v) is 4.24. The molecule has 32 heavy (non-hydrogen) atoms. The fourth-order valence-electron chi connectivity index (χ4n) is 3.22. The molecule has 0 aliphatic rings. The predicted molar refractivity (Wildman–Crippen MR) is 123 cm³/mol. The number of rotatable bonds is 5. The van der Waals surface area contributed by atoms with E-state index >= 15 is 0 Å². The average molecular weight is 444 g/mol. The van der Waals surface area contributed by atoms with E-state index in [0.717, 1.165) is 26.6 Å². The Hall–Kier alpha value is -4.04. The van der Waals surface area contributed by atoms with Crippen LogP contribution in [0.25, 0.3) is 20.9 Å². The number of carbonyl (C=O) groups is 1. The number of anilines is 1. The van der Waals surface area contributed by atoms with Crippen molar-refractivity contribution in [3.63, 3.8) is 0 Å². The summed E-state index contributed by atoms with van der Waals surface area (Å²) >= 11 is 1.46. The first-order valence-electron chi connectivity index (χ1n) is 9.81. The molecule has 3 aromatic heterocycles. The number of nitrogens with one attached hydrogen (secondary N) is 2. The highest BCUT2D eigenvalue weighted by Gasteiger charge is 2.15. The maximum absolute atomic E-state index is 14.8. The van der Waals surface area contributed by atoms with E-state index in [1.807, 2.05) is 19.1 Å². The van der Waals surface area contributed by atoms with Gasteiger partial charge in [0.2, 0.25) is 0 Å². The molecule has 0 bridgehead atoms. The van der Waals surface area contributed by atoms with Gasteiger partial charge in [0.15, 0.2) is 11.6 Å². The van der Waals surface area contributed by atoms with Crippen LogP contribution in [0.3, 0.4) is 0 Å². The highest BCUT2D eigenvalue weighted by atomic mass is 32.1. The Balaban J connectivity index is 1.39. The molecule has 0 unspecified atom stereocenters. The van der Waals surface area contributed by atoms with Crippen molar-refractivity contribution in [1.29, 1.82) is 0 Å². The Bertz CT molecular complexity index is 1430. The van der Waals surface area contributed by atoms with Crippen LogP contribution in [0.4, 0.5) is 10.1 Å². The minimum absolute atomic E-state index is 0.0546. The number of thiophene rings is 1. The lowest BCUT2D eigenvalue weighted by Gasteiger charge is -2.10. The van der Waals surface area contributed by atoms with Crippen molar-refractivity contribution in [2.45, 2.75) is 6.92 Å². The largest absolute Gasteiger partial charge is 0.453 e. The Morgan fingerprint density at radius 1 is 1.06 bits per heavy atom. The highest BCUT2D eigenvalue weighted by molar-refractivity contribution is 7.22. The lowest BCUT2D eigenvalue weighted by molar-refractivity contribution is 0.102. The first-order valence-corrected chi connectivity index (χ1v) is 10.6. The molecule has 3 heterocycles. The zero-order valence-electron chi connectivity index (χ0n) is 16.9. The first kappa shape index (κ1) is 19.9. The topological polar surface area (TPSA) is 79.9 Å². The van der Waals surface area contributed by atoms with Crippen molar-refractivity contribution in [2.24, 2.45) is 0 Å². The van der Waals surface area contributed by atoms with Gasteiger partial charge >= 0.3 is 0 Å². The van der Waals surface area contributed by atoms with Crippen LogP contribution in [0.15, 0.2) is 73.1 Å². The second-order valence-electron chi connectivity index (χ2n) is 7.12. The number of carbonyl (C=O) groups excluding carboxylic acids is 1. The number of H-pyrrole nitrogens is 1. The van der Waals surface area contributed by atoms with Crippen molar-refractivity contribution in [1.82, 2.24) is 15.0 Å². The van der Waals surface area contributed by atoms with E-state index in [1.165, 1.54) is 23.5 Å². The van der Waals surface area contributed by atoms with Crippen molar-refractivity contribution in [3.8, 4) is 22.2 Å². The highest BCUT2D eigenvalue weighted by Crippen LogP contribution is 2.39. The van der Waals surface area contributed by atoms with Crippen molar-refractivity contribution in [3.05, 3.63) is 90.1 Å². The molecule has 2 aromatic carbocycles. The summed E-state index contributed by atoms with van der Waals surface area (Å²) < 4.78 is 21.4. The molecule has 0 radical (unpaired) electrons. The predicted octanol–water partition coefficient (Wildman–Crippen LogP) is 6.18. The van der Waals surface area contributed by atoms with Gasteiger partial charge in [0.05, 0.1) is 15.1 Å². The molecule has 1 amide bonds. The van der Waals surface area contributed by atoms with Crippen LogP contribution in [0.2, 0.25) is 0 Å². The molecule has 0 aliphatic carbocycles. The Morgan fingerprint density at radius 3 is 2.66 bits per heavy atom. The smallest absolute Gasteiger partial charge is 0.255 e. The summed E-state index contributed by atoms with van der Waals surface area (Å²) in [6.07, 6.45) is 3.38. The molecule has 5 aromatic rings. The third-order valence-electron chi connectivity index (χ3n) is 4.76. The summed E-state index contributed by atoms with van der Waals surface area (Å²) in [5.41, 5.74) is 2.54. The number of fused-ring (bicyclic) bond motifs is 1. The molecular weight excluding hydrogens is 427 g/mol. The second-order valence-corrected chi connectivity index (χ2v) is 8.17. The first-order chi connectivity index (χ1) is 15.6. The quantitative estimate of drug-likeness (QED) is 0.339. The number of aromatic amines is 1. The number of aryl methyl sites for hydroxylation is 1. The summed E-state index contributed by atoms with van der Waals surface area (Å²) in [4.78, 5) is 25.1. The molecule has 2 N–H and O–H groups in total. The number of aromatic nitrogens is 3. The molecule has 6 nitrogen and oxygen atoms in total. The van der Waals surface area contributed by atoms with Gasteiger partial charge < -0.3 is 15.0 Å². The Labute approximate surface area is 186 Å². The lowest BCUT2D eigenvalue weighted by Crippen LogP contribution is -2.11. The number of hydrogen-bond donors (Lipinski definition) is 2. The number of benzene rings is 2. The summed E-state index contributed by atoms with van der Waals surface area (Å²) in [7, 11) is 0. The SMILES string of the molecule is Cc1cnc(-c2cc3nccc(Oc4ccc(NC(=O)c5ccccc5)cc4F)c3s2)[nH]1. The van der Waals surface area contributed by atoms with E-state index < -0.39 is 5.82 Å². The third kappa shape index (κ3) is 3.95. The van der Waals surface area contributed by atoms with Crippen molar-refractivity contribution in [2.75, 3.05) is 5.32 Å². The number of nitrogens with zero attached hydrogens (tertiary/aromatic N) is 2. The van der Waals surface area contributed by atoms with Crippen LogP contribution in [0, 0.1) is 12.7 Å². The van der Waals surface area contributed by atoms with Crippen molar-refractivity contribution >= 4 is 33.1 Å². The zero-order chi connectivity index (χ0) is 22.1. The Morgan fingerprint density at radius 2 is 1.91 bits per heavy atom. The maximum Gasteiger partial charge on any atom is 0.255 e. The van der Waals surface area contributed by atoms with Crippen LogP contribution in [-0.4, -0.2) is 20.9 Å². The monoisotopic (exact) mass is 444 g/mol. The summed E-state index contributed by atoms with van der Waals surface area (Å²) in [6.45, 7) is 1.94. The molecule has 0 spiro atoms. The third-order valence-corrected chi connectivity index (χ3v) is 5.90. The molecule has 8 heteroatoms. The van der Waals surface area contributed by atoms with E-state index in [1.54, 1.807) is 48.8 Å². The van der Waals surface area contributed by atoms with E-state index in [9.17, 15) is 9.18 Å². The van der Waals surface area contributed by atoms with E-state index in [2.05, 4.69) is 20.3 Å². The molecule has 158 valence electrons. The number of halogens is 1. The van der Waals surface area contributed by atoms with Crippen LogP contribution < -0.4 is 10.1 Å². The zero-order valence-corrected chi connectivity index (χ0v) is 17.7. The van der Waals surface area contributed by atoms with Crippen LogP contribution in [0.1, 0.15) is 16.1 Å². The second kappa shape index (κ2) is 8.24. The van der Waals surface area contributed by atoms with E-state index in [0.29, 0.717) is 17.0 Å². The molecule has 0 saturated heterocycles. The van der Waals surface area contributed by atoms with Gasteiger partial charge in [-0.25, -0.2) is 9.37 Å². The number of imidazole rings is 1. The van der Waals surface area contributed by atoms with Gasteiger partial charge in [-0.15, -0.1) is 11.3 Å². The fraction of sp³-hybridized carbons (Fsp3) is 0.0417. The minimum atomic E-state index is -0.584. The normalized spacial score (nSPS) is 10.9. The number of amides is 1. The van der Waals surface area contributed by atoms with Crippen LogP contribution in [0.5, 0.6) is 11.5 Å². The molecule has 0 fully saturated rings. The van der Waals surface area contributed by atoms with Gasteiger partial charge in [-0.05, 0) is 37.3 Å². The van der Waals surface area contributed by atoms with Gasteiger partial charge in [-0.2, -0.15) is 0 Å².